The fourth-order valence-electron chi connectivity index (χ4n) is 3.59. The Bertz CT molecular complexity index is 920. The Kier molecular flexibility index (Phi) is 5.42. The number of anilines is 1. The van der Waals surface area contributed by atoms with Crippen LogP contribution in [0.1, 0.15) is 24.0 Å². The zero-order valence-electron chi connectivity index (χ0n) is 16.6. The van der Waals surface area contributed by atoms with Crippen molar-refractivity contribution in [1.82, 2.24) is 10.5 Å². The summed E-state index contributed by atoms with van der Waals surface area (Å²) in [7, 11) is 1.65. The summed E-state index contributed by atoms with van der Waals surface area (Å²) in [6.45, 7) is 3.15. The Morgan fingerprint density at radius 3 is 2.72 bits per heavy atom. The average Bonchev–Trinajstić information content (AvgIpc) is 3.14. The lowest BCUT2D eigenvalue weighted by atomic mass is 9.91. The maximum Gasteiger partial charge on any atom is 0.430 e. The van der Waals surface area contributed by atoms with E-state index in [1.165, 1.54) is 0 Å². The molecule has 2 aliphatic heterocycles. The van der Waals surface area contributed by atoms with Gasteiger partial charge in [0.2, 0.25) is 0 Å². The van der Waals surface area contributed by atoms with Crippen LogP contribution >= 0.6 is 0 Å². The summed E-state index contributed by atoms with van der Waals surface area (Å²) in [4.78, 5) is 23.5. The van der Waals surface area contributed by atoms with Gasteiger partial charge in [0.15, 0.2) is 0 Å². The number of ether oxygens (including phenoxy) is 1. The van der Waals surface area contributed by atoms with E-state index in [2.05, 4.69) is 16.9 Å². The molecular formula is C22H25N3O4. The Labute approximate surface area is 170 Å². The molecule has 1 spiro atoms. The van der Waals surface area contributed by atoms with Gasteiger partial charge in [-0.05, 0) is 55.7 Å². The first kappa shape index (κ1) is 19.3. The number of methoxy groups -OCH3 is 1. The van der Waals surface area contributed by atoms with Gasteiger partial charge in [0, 0.05) is 24.3 Å². The van der Waals surface area contributed by atoms with E-state index in [1.54, 1.807) is 12.2 Å². The number of benzene rings is 2. The summed E-state index contributed by atoms with van der Waals surface area (Å²) in [5, 5.41) is 4.44. The number of nitrogens with one attached hydrogen (secondary N) is 2. The Morgan fingerprint density at radius 2 is 1.97 bits per heavy atom. The van der Waals surface area contributed by atoms with Crippen molar-refractivity contribution in [3.05, 3.63) is 65.7 Å². The molecule has 0 atom stereocenters. The second-order valence-electron chi connectivity index (χ2n) is 7.36. The molecule has 1 saturated heterocycles. The molecule has 2 N–H and O–H groups in total. The van der Waals surface area contributed by atoms with Gasteiger partial charge in [-0.2, -0.15) is 0 Å². The lowest BCUT2D eigenvalue weighted by Crippen LogP contribution is -2.45. The first-order valence-electron chi connectivity index (χ1n) is 9.67. The van der Waals surface area contributed by atoms with Crippen LogP contribution in [0, 0.1) is 6.92 Å². The van der Waals surface area contributed by atoms with E-state index in [0.29, 0.717) is 25.9 Å². The number of carbonyl (C=O) groups excluding carboxylic acids is 1. The highest BCUT2D eigenvalue weighted by Crippen LogP contribution is 2.35. The smallest absolute Gasteiger partial charge is 0.430 e. The molecule has 4 rings (SSSR count). The van der Waals surface area contributed by atoms with Crippen molar-refractivity contribution in [2.75, 3.05) is 25.5 Å². The van der Waals surface area contributed by atoms with Gasteiger partial charge in [0.25, 0.3) is 0 Å². The van der Waals surface area contributed by atoms with E-state index in [1.807, 2.05) is 55.5 Å². The first-order chi connectivity index (χ1) is 14.0. The van der Waals surface area contributed by atoms with E-state index >= 15 is 0 Å². The zero-order chi connectivity index (χ0) is 20.3. The number of hydrogen-bond acceptors (Lipinski definition) is 6. The fraction of sp³-hybridized carbons (Fsp3) is 0.318. The van der Waals surface area contributed by atoms with Crippen LogP contribution in [-0.4, -0.2) is 37.0 Å². The monoisotopic (exact) mass is 395 g/mol. The van der Waals surface area contributed by atoms with Crippen LogP contribution in [0.4, 0.5) is 10.5 Å². The number of amides is 1. The van der Waals surface area contributed by atoms with Crippen LogP contribution in [0.15, 0.2) is 54.6 Å². The first-order valence-corrected chi connectivity index (χ1v) is 9.67. The molecule has 0 bridgehead atoms. The summed E-state index contributed by atoms with van der Waals surface area (Å²) in [5.41, 5.74) is 6.38. The van der Waals surface area contributed by atoms with Gasteiger partial charge < -0.3 is 9.57 Å². The van der Waals surface area contributed by atoms with Crippen LogP contribution < -0.4 is 15.5 Å². The highest BCUT2D eigenvalue weighted by atomic mass is 16.7. The van der Waals surface area contributed by atoms with Crippen LogP contribution in [0.3, 0.4) is 0 Å². The molecule has 2 heterocycles. The Balaban J connectivity index is 1.33. The third-order valence-electron chi connectivity index (χ3n) is 5.20. The predicted molar refractivity (Wildman–Crippen MR) is 110 cm³/mol. The second kappa shape index (κ2) is 8.14. The summed E-state index contributed by atoms with van der Waals surface area (Å²) in [6.07, 6.45) is 3.06. The molecular weight excluding hydrogens is 370 g/mol. The molecule has 2 aliphatic rings. The van der Waals surface area contributed by atoms with Crippen molar-refractivity contribution in [2.24, 2.45) is 0 Å². The molecule has 7 heteroatoms. The van der Waals surface area contributed by atoms with E-state index in [4.69, 9.17) is 14.4 Å². The number of carbonyl (C=O) groups is 1. The van der Waals surface area contributed by atoms with Crippen molar-refractivity contribution in [3.8, 4) is 5.75 Å². The van der Waals surface area contributed by atoms with Gasteiger partial charge in [-0.3, -0.25) is 15.6 Å². The molecule has 152 valence electrons. The lowest BCUT2D eigenvalue weighted by Gasteiger charge is -2.35. The molecule has 1 amide bonds. The van der Waals surface area contributed by atoms with Gasteiger partial charge in [-0.15, -0.1) is 5.06 Å². The standard InChI is InChI=1S/C22H25N3O4/c1-16-5-3-7-18(13-16)23-21(26)28-25-11-9-22(10-12-25)15-20(24-29-22)17-6-4-8-19(14-17)27-2/h3-8,13-15,24H,9-12H2,1-2H3,(H,23,26). The van der Waals surface area contributed by atoms with Gasteiger partial charge in [-0.1, -0.05) is 24.3 Å². The third-order valence-corrected chi connectivity index (χ3v) is 5.20. The van der Waals surface area contributed by atoms with Crippen molar-refractivity contribution in [2.45, 2.75) is 25.4 Å². The number of hydroxylamine groups is 3. The largest absolute Gasteiger partial charge is 0.497 e. The summed E-state index contributed by atoms with van der Waals surface area (Å²) >= 11 is 0. The van der Waals surface area contributed by atoms with E-state index in [9.17, 15) is 4.79 Å². The average molecular weight is 395 g/mol. The summed E-state index contributed by atoms with van der Waals surface area (Å²) in [5.74, 6) is 0.800. The molecule has 0 saturated carbocycles. The second-order valence-corrected chi connectivity index (χ2v) is 7.36. The Morgan fingerprint density at radius 1 is 1.17 bits per heavy atom. The number of rotatable bonds is 4. The molecule has 29 heavy (non-hydrogen) atoms. The number of hydrogen-bond donors (Lipinski definition) is 2. The van der Waals surface area contributed by atoms with Crippen LogP contribution in [0.25, 0.3) is 5.70 Å². The highest BCUT2D eigenvalue weighted by Gasteiger charge is 2.39. The fourth-order valence-corrected chi connectivity index (χ4v) is 3.59. The van der Waals surface area contributed by atoms with Gasteiger partial charge >= 0.3 is 6.09 Å². The topological polar surface area (TPSA) is 72.1 Å². The third kappa shape index (κ3) is 4.52. The van der Waals surface area contributed by atoms with E-state index in [-0.39, 0.29) is 0 Å². The molecule has 0 radical (unpaired) electrons. The summed E-state index contributed by atoms with van der Waals surface area (Å²) < 4.78 is 5.29. The SMILES string of the molecule is COc1cccc(C2=CC3(CCN(OC(=O)Nc4cccc(C)c4)CC3)ON2)c1. The molecule has 0 aliphatic carbocycles. The van der Waals surface area contributed by atoms with Gasteiger partial charge in [-0.25, -0.2) is 4.79 Å². The number of piperidine rings is 1. The highest BCUT2D eigenvalue weighted by molar-refractivity contribution is 5.84. The quantitative estimate of drug-likeness (QED) is 0.819. The van der Waals surface area contributed by atoms with Gasteiger partial charge in [0.1, 0.15) is 11.4 Å². The van der Waals surface area contributed by atoms with Crippen LogP contribution in [0.2, 0.25) is 0 Å². The van der Waals surface area contributed by atoms with Crippen LogP contribution in [0.5, 0.6) is 5.75 Å². The minimum absolute atomic E-state index is 0.398. The van der Waals surface area contributed by atoms with Gasteiger partial charge in [0.05, 0.1) is 12.8 Å². The van der Waals surface area contributed by atoms with Crippen molar-refractivity contribution in [1.29, 1.82) is 0 Å². The van der Waals surface area contributed by atoms with Crippen molar-refractivity contribution < 1.29 is 19.2 Å². The van der Waals surface area contributed by atoms with Crippen molar-refractivity contribution in [3.63, 3.8) is 0 Å². The maximum atomic E-state index is 12.2. The molecule has 7 nitrogen and oxygen atoms in total. The molecule has 1 fully saturated rings. The minimum Gasteiger partial charge on any atom is -0.497 e. The molecule has 0 aromatic heterocycles. The molecule has 2 aromatic carbocycles. The normalized spacial score (nSPS) is 18.1. The van der Waals surface area contributed by atoms with E-state index < -0.39 is 11.7 Å². The van der Waals surface area contributed by atoms with E-state index in [0.717, 1.165) is 28.3 Å². The summed E-state index contributed by atoms with van der Waals surface area (Å²) in [6, 6.07) is 15.4. The Hall–Kier alpha value is -3.03. The number of aryl methyl sites for hydroxylation is 1. The molecule has 2 aromatic rings. The number of nitrogens with zero attached hydrogens (tertiary/aromatic N) is 1. The predicted octanol–water partition coefficient (Wildman–Crippen LogP) is 3.88. The lowest BCUT2D eigenvalue weighted by molar-refractivity contribution is -0.153. The zero-order valence-corrected chi connectivity index (χ0v) is 16.6. The van der Waals surface area contributed by atoms with Crippen molar-refractivity contribution >= 4 is 17.5 Å². The van der Waals surface area contributed by atoms with Crippen LogP contribution in [-0.2, 0) is 9.68 Å². The molecule has 0 unspecified atom stereocenters. The minimum atomic E-state index is -0.482. The maximum absolute atomic E-state index is 12.2.